The summed E-state index contributed by atoms with van der Waals surface area (Å²) in [5.74, 6) is -1.07. The zero-order valence-electron chi connectivity index (χ0n) is 20.1. The van der Waals surface area contributed by atoms with Crippen LogP contribution in [0.1, 0.15) is 17.2 Å². The Kier molecular flexibility index (Phi) is 5.46. The molecular formula is C32H23NO4. The van der Waals surface area contributed by atoms with Gasteiger partial charge in [-0.25, -0.2) is 0 Å². The maximum Gasteiger partial charge on any atom is 0.300 e. The second-order valence-electron chi connectivity index (χ2n) is 8.97. The normalized spacial score (nSPS) is 17.0. The molecule has 1 atom stereocenters. The van der Waals surface area contributed by atoms with Crippen LogP contribution in [-0.4, -0.2) is 23.9 Å². The molecule has 0 aliphatic carbocycles. The molecule has 1 unspecified atom stereocenters. The summed E-state index contributed by atoms with van der Waals surface area (Å²) in [5, 5.41) is 15.3. The first-order chi connectivity index (χ1) is 18.1. The molecule has 0 aromatic heterocycles. The fourth-order valence-electron chi connectivity index (χ4n) is 5.22. The minimum atomic E-state index is -0.836. The maximum absolute atomic E-state index is 13.7. The van der Waals surface area contributed by atoms with Crippen molar-refractivity contribution < 1.29 is 19.4 Å². The first-order valence-electron chi connectivity index (χ1n) is 12.0. The number of hydrogen-bond donors (Lipinski definition) is 1. The molecule has 0 spiro atoms. The highest BCUT2D eigenvalue weighted by Crippen LogP contribution is 2.45. The molecule has 180 valence electrons. The van der Waals surface area contributed by atoms with Gasteiger partial charge in [-0.15, -0.1) is 0 Å². The van der Waals surface area contributed by atoms with Crippen LogP contribution >= 0.6 is 0 Å². The van der Waals surface area contributed by atoms with Crippen molar-refractivity contribution in [2.45, 2.75) is 6.04 Å². The Morgan fingerprint density at radius 1 is 0.757 bits per heavy atom. The van der Waals surface area contributed by atoms with Gasteiger partial charge in [0.25, 0.3) is 11.7 Å². The van der Waals surface area contributed by atoms with Crippen LogP contribution in [0.3, 0.4) is 0 Å². The number of aliphatic hydroxyl groups excluding tert-OH is 1. The predicted octanol–water partition coefficient (Wildman–Crippen LogP) is 6.63. The van der Waals surface area contributed by atoms with Gasteiger partial charge in [0.15, 0.2) is 0 Å². The average molecular weight is 486 g/mol. The monoisotopic (exact) mass is 485 g/mol. The Morgan fingerprint density at radius 2 is 1.38 bits per heavy atom. The molecule has 5 nitrogen and oxygen atoms in total. The number of methoxy groups -OCH3 is 1. The molecule has 37 heavy (non-hydrogen) atoms. The highest BCUT2D eigenvalue weighted by atomic mass is 16.5. The van der Waals surface area contributed by atoms with E-state index in [2.05, 4.69) is 0 Å². The Hall–Kier alpha value is -4.90. The van der Waals surface area contributed by atoms with Crippen LogP contribution in [-0.2, 0) is 9.59 Å². The van der Waals surface area contributed by atoms with Crippen LogP contribution in [0, 0.1) is 0 Å². The van der Waals surface area contributed by atoms with Gasteiger partial charge in [-0.05, 0) is 39.2 Å². The molecule has 6 rings (SSSR count). The third-order valence-electron chi connectivity index (χ3n) is 6.94. The number of amides is 1. The van der Waals surface area contributed by atoms with Gasteiger partial charge in [-0.3, -0.25) is 14.5 Å². The minimum absolute atomic E-state index is 0.0560. The Balaban J connectivity index is 1.67. The Morgan fingerprint density at radius 3 is 2.14 bits per heavy atom. The fourth-order valence-corrected chi connectivity index (χ4v) is 5.22. The topological polar surface area (TPSA) is 66.8 Å². The second kappa shape index (κ2) is 8.95. The first-order valence-corrected chi connectivity index (χ1v) is 12.0. The zero-order chi connectivity index (χ0) is 25.5. The van der Waals surface area contributed by atoms with Crippen molar-refractivity contribution in [2.24, 2.45) is 0 Å². The van der Waals surface area contributed by atoms with Crippen molar-refractivity contribution >= 4 is 44.7 Å². The fraction of sp³-hybridized carbons (Fsp3) is 0.0625. The zero-order valence-corrected chi connectivity index (χ0v) is 20.1. The van der Waals surface area contributed by atoms with E-state index in [0.717, 1.165) is 27.1 Å². The summed E-state index contributed by atoms with van der Waals surface area (Å²) < 4.78 is 5.40. The van der Waals surface area contributed by atoms with Crippen LogP contribution in [0.25, 0.3) is 27.3 Å². The molecule has 1 saturated heterocycles. The van der Waals surface area contributed by atoms with E-state index in [1.165, 1.54) is 4.90 Å². The summed E-state index contributed by atoms with van der Waals surface area (Å²) in [6.07, 6.45) is 0. The number of carbonyl (C=O) groups excluding carboxylic acids is 2. The van der Waals surface area contributed by atoms with E-state index < -0.39 is 17.7 Å². The van der Waals surface area contributed by atoms with Crippen LogP contribution in [0.4, 0.5) is 5.69 Å². The van der Waals surface area contributed by atoms with Gasteiger partial charge in [0, 0.05) is 17.3 Å². The lowest BCUT2D eigenvalue weighted by molar-refractivity contribution is -0.132. The van der Waals surface area contributed by atoms with Crippen molar-refractivity contribution in [3.63, 3.8) is 0 Å². The summed E-state index contributed by atoms with van der Waals surface area (Å²) in [5.41, 5.74) is 1.82. The summed E-state index contributed by atoms with van der Waals surface area (Å²) >= 11 is 0. The summed E-state index contributed by atoms with van der Waals surface area (Å²) in [7, 11) is 1.55. The lowest BCUT2D eigenvalue weighted by atomic mass is 9.90. The van der Waals surface area contributed by atoms with E-state index in [0.29, 0.717) is 17.0 Å². The van der Waals surface area contributed by atoms with Crippen LogP contribution in [0.5, 0.6) is 5.75 Å². The molecule has 1 N–H and O–H groups in total. The van der Waals surface area contributed by atoms with Crippen molar-refractivity contribution in [1.29, 1.82) is 0 Å². The van der Waals surface area contributed by atoms with E-state index in [1.54, 1.807) is 37.4 Å². The van der Waals surface area contributed by atoms with Crippen molar-refractivity contribution in [3.05, 3.63) is 126 Å². The number of benzene rings is 5. The van der Waals surface area contributed by atoms with Crippen LogP contribution in [0.15, 0.2) is 115 Å². The summed E-state index contributed by atoms with van der Waals surface area (Å²) in [6, 6.07) is 33.0. The van der Waals surface area contributed by atoms with E-state index in [4.69, 9.17) is 4.74 Å². The van der Waals surface area contributed by atoms with Gasteiger partial charge in [-0.2, -0.15) is 0 Å². The molecule has 1 fully saturated rings. The molecule has 5 aromatic rings. The number of rotatable bonds is 4. The van der Waals surface area contributed by atoms with E-state index >= 15 is 0 Å². The Bertz CT molecular complexity index is 1730. The molecule has 0 radical (unpaired) electrons. The molecule has 0 saturated carbocycles. The standard InChI is InChI=1S/C32H23NO4/c1-37-23-14-8-13-22(19-23)33-29(26-17-6-11-20-9-2-4-15-24(20)26)28(31(35)32(33)36)30(34)27-18-7-12-21-10-3-5-16-25(21)27/h2-19,29,34H,1H3/b30-28+. The lowest BCUT2D eigenvalue weighted by Crippen LogP contribution is -2.29. The van der Waals surface area contributed by atoms with Gasteiger partial charge < -0.3 is 9.84 Å². The minimum Gasteiger partial charge on any atom is -0.507 e. The van der Waals surface area contributed by atoms with Crippen LogP contribution in [0.2, 0.25) is 0 Å². The average Bonchev–Trinajstić information content (AvgIpc) is 3.21. The largest absolute Gasteiger partial charge is 0.507 e. The number of fused-ring (bicyclic) bond motifs is 2. The first kappa shape index (κ1) is 22.6. The molecule has 0 bridgehead atoms. The number of carbonyl (C=O) groups is 2. The molecule has 1 heterocycles. The Labute approximate surface area is 213 Å². The van der Waals surface area contributed by atoms with Gasteiger partial charge in [-0.1, -0.05) is 91.0 Å². The van der Waals surface area contributed by atoms with Gasteiger partial charge in [0.2, 0.25) is 0 Å². The van der Waals surface area contributed by atoms with Crippen molar-refractivity contribution in [1.82, 2.24) is 0 Å². The lowest BCUT2D eigenvalue weighted by Gasteiger charge is -2.27. The van der Waals surface area contributed by atoms with E-state index in [-0.39, 0.29) is 11.3 Å². The number of hydrogen-bond acceptors (Lipinski definition) is 4. The van der Waals surface area contributed by atoms with E-state index in [1.807, 2.05) is 78.9 Å². The quantitative estimate of drug-likeness (QED) is 0.176. The number of Topliss-reactive ketones (excluding diaryl/α,β-unsaturated/α-hetero) is 1. The third kappa shape index (κ3) is 3.64. The number of nitrogens with zero attached hydrogens (tertiary/aromatic N) is 1. The highest BCUT2D eigenvalue weighted by Gasteiger charge is 2.47. The predicted molar refractivity (Wildman–Crippen MR) is 146 cm³/mol. The highest BCUT2D eigenvalue weighted by molar-refractivity contribution is 6.52. The maximum atomic E-state index is 13.7. The van der Waals surface area contributed by atoms with Crippen molar-refractivity contribution in [2.75, 3.05) is 12.0 Å². The van der Waals surface area contributed by atoms with Crippen molar-refractivity contribution in [3.8, 4) is 5.75 Å². The SMILES string of the molecule is COc1cccc(N2C(=O)C(=O)/C(=C(/O)c3cccc4ccccc34)C2c2cccc3ccccc23)c1. The summed E-state index contributed by atoms with van der Waals surface area (Å²) in [4.78, 5) is 28.8. The number of ether oxygens (including phenoxy) is 1. The second-order valence-corrected chi connectivity index (χ2v) is 8.97. The number of ketones is 1. The molecule has 1 aliphatic rings. The van der Waals surface area contributed by atoms with Gasteiger partial charge in [0.05, 0.1) is 18.7 Å². The van der Waals surface area contributed by atoms with Gasteiger partial charge in [0.1, 0.15) is 11.5 Å². The molecule has 1 aliphatic heterocycles. The molecule has 5 heteroatoms. The van der Waals surface area contributed by atoms with E-state index in [9.17, 15) is 14.7 Å². The number of aliphatic hydroxyl groups is 1. The molecular weight excluding hydrogens is 462 g/mol. The van der Waals surface area contributed by atoms with Crippen LogP contribution < -0.4 is 9.64 Å². The van der Waals surface area contributed by atoms with Gasteiger partial charge >= 0.3 is 0 Å². The molecule has 1 amide bonds. The molecule has 5 aromatic carbocycles. The number of anilines is 1. The summed E-state index contributed by atoms with van der Waals surface area (Å²) in [6.45, 7) is 0. The smallest absolute Gasteiger partial charge is 0.300 e. The third-order valence-corrected chi connectivity index (χ3v) is 6.94.